The van der Waals surface area contributed by atoms with Gasteiger partial charge in [-0.1, -0.05) is 30.3 Å². The number of hydrogen-bond donors (Lipinski definition) is 1. The van der Waals surface area contributed by atoms with Gasteiger partial charge in [0.2, 0.25) is 0 Å². The second-order valence-corrected chi connectivity index (χ2v) is 5.25. The van der Waals surface area contributed by atoms with Gasteiger partial charge in [0, 0.05) is 13.6 Å². The van der Waals surface area contributed by atoms with Crippen LogP contribution in [0, 0.1) is 0 Å². The molecule has 0 heterocycles. The summed E-state index contributed by atoms with van der Waals surface area (Å²) in [5.74, 6) is 0. The maximum absolute atomic E-state index is 12.0. The van der Waals surface area contributed by atoms with Crippen molar-refractivity contribution in [2.24, 2.45) is 5.73 Å². The van der Waals surface area contributed by atoms with Gasteiger partial charge in [0.05, 0.1) is 6.04 Å². The topological polar surface area (TPSA) is 55.6 Å². The van der Waals surface area contributed by atoms with E-state index in [4.69, 9.17) is 10.5 Å². The molecular weight excluding hydrogens is 228 g/mol. The van der Waals surface area contributed by atoms with Crippen LogP contribution in [0.5, 0.6) is 0 Å². The van der Waals surface area contributed by atoms with Crippen LogP contribution in [0.2, 0.25) is 0 Å². The highest BCUT2D eigenvalue weighted by Crippen LogP contribution is 2.20. The van der Waals surface area contributed by atoms with E-state index >= 15 is 0 Å². The summed E-state index contributed by atoms with van der Waals surface area (Å²) >= 11 is 0. The molecular formula is C14H22N2O2. The van der Waals surface area contributed by atoms with Gasteiger partial charge in [-0.15, -0.1) is 0 Å². The molecule has 0 aliphatic heterocycles. The lowest BCUT2D eigenvalue weighted by Gasteiger charge is -2.30. The summed E-state index contributed by atoms with van der Waals surface area (Å²) in [7, 11) is 1.71. The van der Waals surface area contributed by atoms with E-state index in [1.807, 2.05) is 51.1 Å². The summed E-state index contributed by atoms with van der Waals surface area (Å²) < 4.78 is 5.34. The lowest BCUT2D eigenvalue weighted by Crippen LogP contribution is -2.39. The molecule has 0 aliphatic rings. The molecule has 1 atom stereocenters. The van der Waals surface area contributed by atoms with Crippen LogP contribution in [0.1, 0.15) is 32.4 Å². The Hall–Kier alpha value is -1.55. The van der Waals surface area contributed by atoms with Gasteiger partial charge in [-0.2, -0.15) is 0 Å². The third-order valence-corrected chi connectivity index (χ3v) is 2.56. The maximum atomic E-state index is 12.0. The predicted molar refractivity (Wildman–Crippen MR) is 72.2 cm³/mol. The molecule has 0 aliphatic carbocycles. The summed E-state index contributed by atoms with van der Waals surface area (Å²) in [6, 6.07) is 9.55. The lowest BCUT2D eigenvalue weighted by atomic mass is 10.1. The predicted octanol–water partition coefficient (Wildman–Crippen LogP) is 2.55. The van der Waals surface area contributed by atoms with Crippen molar-refractivity contribution in [2.75, 3.05) is 13.6 Å². The number of rotatable bonds is 3. The molecule has 0 spiro atoms. The van der Waals surface area contributed by atoms with Crippen molar-refractivity contribution >= 4 is 6.09 Å². The molecule has 4 heteroatoms. The molecule has 0 unspecified atom stereocenters. The van der Waals surface area contributed by atoms with Gasteiger partial charge in [-0.25, -0.2) is 4.79 Å². The first-order valence-electron chi connectivity index (χ1n) is 6.06. The standard InChI is InChI=1S/C14H22N2O2/c1-14(2,3)18-13(17)16(4)12(10-15)11-8-6-5-7-9-11/h5-9,12H,10,15H2,1-4H3/t12-/m0/s1. The van der Waals surface area contributed by atoms with Crippen LogP contribution in [0.3, 0.4) is 0 Å². The molecule has 2 N–H and O–H groups in total. The van der Waals surface area contributed by atoms with Crippen molar-refractivity contribution in [1.82, 2.24) is 4.90 Å². The van der Waals surface area contributed by atoms with E-state index < -0.39 is 5.60 Å². The Kier molecular flexibility index (Phi) is 4.73. The highest BCUT2D eigenvalue weighted by Gasteiger charge is 2.25. The summed E-state index contributed by atoms with van der Waals surface area (Å²) in [4.78, 5) is 13.5. The van der Waals surface area contributed by atoms with Gasteiger partial charge >= 0.3 is 6.09 Å². The quantitative estimate of drug-likeness (QED) is 0.897. The first-order chi connectivity index (χ1) is 8.35. The first kappa shape index (κ1) is 14.5. The highest BCUT2D eigenvalue weighted by molar-refractivity contribution is 5.68. The number of carbonyl (C=O) groups excluding carboxylic acids is 1. The number of nitrogens with two attached hydrogens (primary N) is 1. The van der Waals surface area contributed by atoms with Crippen LogP contribution in [-0.2, 0) is 4.74 Å². The van der Waals surface area contributed by atoms with Crippen molar-refractivity contribution in [3.8, 4) is 0 Å². The lowest BCUT2D eigenvalue weighted by molar-refractivity contribution is 0.0226. The minimum Gasteiger partial charge on any atom is -0.444 e. The molecule has 0 saturated heterocycles. The largest absolute Gasteiger partial charge is 0.444 e. The fourth-order valence-electron chi connectivity index (χ4n) is 1.65. The minimum absolute atomic E-state index is 0.166. The second kappa shape index (κ2) is 5.87. The fraction of sp³-hybridized carbons (Fsp3) is 0.500. The normalized spacial score (nSPS) is 12.9. The fourth-order valence-corrected chi connectivity index (χ4v) is 1.65. The summed E-state index contributed by atoms with van der Waals surface area (Å²) in [6.07, 6.45) is -0.359. The Morgan fingerprint density at radius 3 is 2.33 bits per heavy atom. The Balaban J connectivity index is 2.80. The van der Waals surface area contributed by atoms with Crippen LogP contribution in [0.25, 0.3) is 0 Å². The zero-order valence-electron chi connectivity index (χ0n) is 11.5. The molecule has 1 rings (SSSR count). The molecule has 0 aromatic heterocycles. The number of likely N-dealkylation sites (N-methyl/N-ethyl adjacent to an activating group) is 1. The third-order valence-electron chi connectivity index (χ3n) is 2.56. The average Bonchev–Trinajstić information content (AvgIpc) is 2.29. The molecule has 4 nitrogen and oxygen atoms in total. The van der Waals surface area contributed by atoms with Gasteiger partial charge in [-0.3, -0.25) is 0 Å². The molecule has 0 fully saturated rings. The Bertz CT molecular complexity index is 385. The van der Waals surface area contributed by atoms with Crippen molar-refractivity contribution in [2.45, 2.75) is 32.4 Å². The SMILES string of the molecule is CN(C(=O)OC(C)(C)C)[C@@H](CN)c1ccccc1. The van der Waals surface area contributed by atoms with Crippen LogP contribution in [0.4, 0.5) is 4.79 Å². The van der Waals surface area contributed by atoms with Gasteiger partial charge in [-0.05, 0) is 26.3 Å². The van der Waals surface area contributed by atoms with Crippen LogP contribution < -0.4 is 5.73 Å². The van der Waals surface area contributed by atoms with E-state index in [1.54, 1.807) is 11.9 Å². The van der Waals surface area contributed by atoms with E-state index in [2.05, 4.69) is 0 Å². The van der Waals surface area contributed by atoms with Crippen molar-refractivity contribution < 1.29 is 9.53 Å². The number of ether oxygens (including phenoxy) is 1. The molecule has 1 aromatic rings. The summed E-state index contributed by atoms with van der Waals surface area (Å²) in [6.45, 7) is 5.90. The number of amides is 1. The average molecular weight is 250 g/mol. The van der Waals surface area contributed by atoms with Gasteiger partial charge in [0.25, 0.3) is 0 Å². The van der Waals surface area contributed by atoms with Gasteiger partial charge in [0.1, 0.15) is 5.60 Å². The van der Waals surface area contributed by atoms with E-state index in [9.17, 15) is 4.79 Å². The molecule has 0 saturated carbocycles. The number of nitrogens with zero attached hydrogens (tertiary/aromatic N) is 1. The van der Waals surface area contributed by atoms with E-state index in [0.29, 0.717) is 6.54 Å². The van der Waals surface area contributed by atoms with Crippen LogP contribution in [-0.4, -0.2) is 30.2 Å². The van der Waals surface area contributed by atoms with E-state index in [1.165, 1.54) is 0 Å². The zero-order chi connectivity index (χ0) is 13.8. The van der Waals surface area contributed by atoms with Gasteiger partial charge in [0.15, 0.2) is 0 Å². The molecule has 0 radical (unpaired) electrons. The molecule has 1 amide bonds. The number of carbonyl (C=O) groups is 1. The summed E-state index contributed by atoms with van der Waals surface area (Å²) in [5.41, 5.74) is 6.27. The maximum Gasteiger partial charge on any atom is 0.410 e. The smallest absolute Gasteiger partial charge is 0.410 e. The van der Waals surface area contributed by atoms with Crippen LogP contribution >= 0.6 is 0 Å². The molecule has 100 valence electrons. The van der Waals surface area contributed by atoms with Crippen LogP contribution in [0.15, 0.2) is 30.3 Å². The third kappa shape index (κ3) is 4.04. The monoisotopic (exact) mass is 250 g/mol. The van der Waals surface area contributed by atoms with Crippen molar-refractivity contribution in [3.05, 3.63) is 35.9 Å². The molecule has 0 bridgehead atoms. The molecule has 18 heavy (non-hydrogen) atoms. The zero-order valence-corrected chi connectivity index (χ0v) is 11.5. The molecule has 1 aromatic carbocycles. The van der Waals surface area contributed by atoms with Crippen molar-refractivity contribution in [1.29, 1.82) is 0 Å². The Morgan fingerprint density at radius 2 is 1.89 bits per heavy atom. The van der Waals surface area contributed by atoms with E-state index in [0.717, 1.165) is 5.56 Å². The first-order valence-corrected chi connectivity index (χ1v) is 6.06. The van der Waals surface area contributed by atoms with Gasteiger partial charge < -0.3 is 15.4 Å². The second-order valence-electron chi connectivity index (χ2n) is 5.25. The minimum atomic E-state index is -0.499. The summed E-state index contributed by atoms with van der Waals surface area (Å²) in [5, 5.41) is 0. The number of hydrogen-bond acceptors (Lipinski definition) is 3. The Labute approximate surface area is 109 Å². The van der Waals surface area contributed by atoms with E-state index in [-0.39, 0.29) is 12.1 Å². The van der Waals surface area contributed by atoms with Crippen molar-refractivity contribution in [3.63, 3.8) is 0 Å². The number of benzene rings is 1. The highest BCUT2D eigenvalue weighted by atomic mass is 16.6. The Morgan fingerprint density at radius 1 is 1.33 bits per heavy atom.